The number of benzene rings is 1. The Kier molecular flexibility index (Phi) is 4.83. The maximum atomic E-state index is 6.14. The summed E-state index contributed by atoms with van der Waals surface area (Å²) in [6.45, 7) is 7.82. The summed E-state index contributed by atoms with van der Waals surface area (Å²) in [6, 6.07) is 9.30. The number of anilines is 1. The van der Waals surface area contributed by atoms with Gasteiger partial charge in [0.15, 0.2) is 0 Å². The number of likely N-dealkylation sites (N-methyl/N-ethyl adjacent to an activating group) is 1. The van der Waals surface area contributed by atoms with Crippen molar-refractivity contribution in [3.8, 4) is 0 Å². The van der Waals surface area contributed by atoms with Crippen molar-refractivity contribution in [2.24, 2.45) is 5.73 Å². The third kappa shape index (κ3) is 3.28. The number of nitrogens with zero attached hydrogens (tertiary/aromatic N) is 2. The lowest BCUT2D eigenvalue weighted by Gasteiger charge is -2.34. The van der Waals surface area contributed by atoms with Crippen LogP contribution in [-0.4, -0.2) is 37.6 Å². The molecule has 0 amide bonds. The summed E-state index contributed by atoms with van der Waals surface area (Å²) in [7, 11) is 2.23. The molecule has 19 heavy (non-hydrogen) atoms. The third-order valence-electron chi connectivity index (χ3n) is 4.11. The quantitative estimate of drug-likeness (QED) is 0.908. The Morgan fingerprint density at radius 1 is 1.32 bits per heavy atom. The lowest BCUT2D eigenvalue weighted by Crippen LogP contribution is -2.40. The molecule has 1 aromatic rings. The monoisotopic (exact) mass is 261 g/mol. The molecule has 1 aliphatic rings. The molecule has 2 N–H and O–H groups in total. The summed E-state index contributed by atoms with van der Waals surface area (Å²) in [4.78, 5) is 5.02. The van der Waals surface area contributed by atoms with Gasteiger partial charge in [-0.15, -0.1) is 0 Å². The summed E-state index contributed by atoms with van der Waals surface area (Å²) >= 11 is 0. The average Bonchev–Trinajstić information content (AvgIpc) is 2.60. The van der Waals surface area contributed by atoms with E-state index in [1.54, 1.807) is 0 Å². The van der Waals surface area contributed by atoms with Crippen molar-refractivity contribution in [2.75, 3.05) is 31.6 Å². The fourth-order valence-electron chi connectivity index (χ4n) is 3.04. The van der Waals surface area contributed by atoms with Crippen LogP contribution in [0.25, 0.3) is 0 Å². The molecule has 0 spiro atoms. The third-order valence-corrected chi connectivity index (χ3v) is 4.11. The van der Waals surface area contributed by atoms with Gasteiger partial charge in [0.2, 0.25) is 0 Å². The SMILES string of the molecule is CCC1CN(C)CCCN1c1ccccc1[C@@H](C)N. The fourth-order valence-corrected chi connectivity index (χ4v) is 3.04. The van der Waals surface area contributed by atoms with Gasteiger partial charge in [-0.3, -0.25) is 0 Å². The molecule has 1 aliphatic heterocycles. The van der Waals surface area contributed by atoms with Crippen molar-refractivity contribution in [1.29, 1.82) is 0 Å². The van der Waals surface area contributed by atoms with Crippen LogP contribution in [0, 0.1) is 0 Å². The molecule has 1 saturated heterocycles. The van der Waals surface area contributed by atoms with E-state index in [-0.39, 0.29) is 6.04 Å². The second-order valence-corrected chi connectivity index (χ2v) is 5.72. The van der Waals surface area contributed by atoms with Crippen LogP contribution in [0.2, 0.25) is 0 Å². The molecule has 0 saturated carbocycles. The number of para-hydroxylation sites is 1. The second kappa shape index (κ2) is 6.40. The number of nitrogens with two attached hydrogens (primary N) is 1. The van der Waals surface area contributed by atoms with Crippen LogP contribution in [0.3, 0.4) is 0 Å². The Morgan fingerprint density at radius 2 is 2.05 bits per heavy atom. The van der Waals surface area contributed by atoms with Crippen LogP contribution in [0.15, 0.2) is 24.3 Å². The van der Waals surface area contributed by atoms with Gasteiger partial charge in [0.05, 0.1) is 0 Å². The van der Waals surface area contributed by atoms with E-state index >= 15 is 0 Å². The molecule has 3 heteroatoms. The van der Waals surface area contributed by atoms with Crippen LogP contribution in [0.4, 0.5) is 5.69 Å². The van der Waals surface area contributed by atoms with E-state index in [9.17, 15) is 0 Å². The number of hydrogen-bond donors (Lipinski definition) is 1. The van der Waals surface area contributed by atoms with Crippen LogP contribution < -0.4 is 10.6 Å². The molecule has 1 unspecified atom stereocenters. The van der Waals surface area contributed by atoms with Gasteiger partial charge in [0.25, 0.3) is 0 Å². The summed E-state index contributed by atoms with van der Waals surface area (Å²) < 4.78 is 0. The van der Waals surface area contributed by atoms with Crippen molar-refractivity contribution < 1.29 is 0 Å². The molecular formula is C16H27N3. The fraction of sp³-hybridized carbons (Fsp3) is 0.625. The minimum atomic E-state index is 0.0923. The Labute approximate surface area is 117 Å². The standard InChI is InChI=1S/C16H27N3/c1-4-14-12-18(3)10-7-11-19(14)16-9-6-5-8-15(16)13(2)17/h5-6,8-9,13-14H,4,7,10-12,17H2,1-3H3/t13-,14?/m1/s1. The lowest BCUT2D eigenvalue weighted by molar-refractivity contribution is 0.328. The Morgan fingerprint density at radius 3 is 2.74 bits per heavy atom. The first kappa shape index (κ1) is 14.4. The number of hydrogen-bond acceptors (Lipinski definition) is 3. The first-order valence-electron chi connectivity index (χ1n) is 7.43. The van der Waals surface area contributed by atoms with E-state index in [2.05, 4.69) is 55.0 Å². The molecule has 106 valence electrons. The van der Waals surface area contributed by atoms with E-state index in [4.69, 9.17) is 5.73 Å². The average molecular weight is 261 g/mol. The molecular weight excluding hydrogens is 234 g/mol. The van der Waals surface area contributed by atoms with Gasteiger partial charge in [0.1, 0.15) is 0 Å². The largest absolute Gasteiger partial charge is 0.367 e. The van der Waals surface area contributed by atoms with Gasteiger partial charge >= 0.3 is 0 Å². The van der Waals surface area contributed by atoms with E-state index in [1.165, 1.54) is 30.6 Å². The highest BCUT2D eigenvalue weighted by molar-refractivity contribution is 5.55. The highest BCUT2D eigenvalue weighted by Crippen LogP contribution is 2.28. The smallest absolute Gasteiger partial charge is 0.0417 e. The molecule has 2 rings (SSSR count). The van der Waals surface area contributed by atoms with Crippen molar-refractivity contribution in [1.82, 2.24) is 4.90 Å². The molecule has 0 radical (unpaired) electrons. The van der Waals surface area contributed by atoms with Crippen molar-refractivity contribution in [2.45, 2.75) is 38.8 Å². The minimum absolute atomic E-state index is 0.0923. The van der Waals surface area contributed by atoms with E-state index in [0.29, 0.717) is 6.04 Å². The molecule has 0 aromatic heterocycles. The minimum Gasteiger partial charge on any atom is -0.367 e. The molecule has 1 heterocycles. The molecule has 0 aliphatic carbocycles. The Hall–Kier alpha value is -1.06. The summed E-state index contributed by atoms with van der Waals surface area (Å²) in [5.41, 5.74) is 8.74. The second-order valence-electron chi connectivity index (χ2n) is 5.72. The summed E-state index contributed by atoms with van der Waals surface area (Å²) in [5, 5.41) is 0. The summed E-state index contributed by atoms with van der Waals surface area (Å²) in [5.74, 6) is 0. The van der Waals surface area contributed by atoms with Gasteiger partial charge in [-0.25, -0.2) is 0 Å². The van der Waals surface area contributed by atoms with Crippen LogP contribution >= 0.6 is 0 Å². The first-order chi connectivity index (χ1) is 9.13. The van der Waals surface area contributed by atoms with Crippen molar-refractivity contribution in [3.63, 3.8) is 0 Å². The normalized spacial score (nSPS) is 23.2. The van der Waals surface area contributed by atoms with Gasteiger partial charge < -0.3 is 15.5 Å². The molecule has 2 atom stereocenters. The summed E-state index contributed by atoms with van der Waals surface area (Å²) in [6.07, 6.45) is 2.40. The zero-order valence-corrected chi connectivity index (χ0v) is 12.5. The van der Waals surface area contributed by atoms with Crippen LogP contribution in [-0.2, 0) is 0 Å². The van der Waals surface area contributed by atoms with Crippen molar-refractivity contribution in [3.05, 3.63) is 29.8 Å². The van der Waals surface area contributed by atoms with Crippen molar-refractivity contribution >= 4 is 5.69 Å². The lowest BCUT2D eigenvalue weighted by atomic mass is 10.0. The number of rotatable bonds is 3. The van der Waals surface area contributed by atoms with E-state index in [0.717, 1.165) is 13.1 Å². The maximum Gasteiger partial charge on any atom is 0.0417 e. The highest BCUT2D eigenvalue weighted by Gasteiger charge is 2.24. The van der Waals surface area contributed by atoms with E-state index in [1.807, 2.05) is 0 Å². The Balaban J connectivity index is 2.32. The topological polar surface area (TPSA) is 32.5 Å². The van der Waals surface area contributed by atoms with E-state index < -0.39 is 0 Å². The molecule has 1 fully saturated rings. The Bertz CT molecular complexity index is 403. The van der Waals surface area contributed by atoms with Gasteiger partial charge in [-0.05, 0) is 45.0 Å². The highest BCUT2D eigenvalue weighted by atomic mass is 15.2. The molecule has 3 nitrogen and oxygen atoms in total. The van der Waals surface area contributed by atoms with Gasteiger partial charge in [0, 0.05) is 30.9 Å². The first-order valence-corrected chi connectivity index (χ1v) is 7.43. The maximum absolute atomic E-state index is 6.14. The predicted molar refractivity (Wildman–Crippen MR) is 82.6 cm³/mol. The zero-order valence-electron chi connectivity index (χ0n) is 12.5. The molecule has 0 bridgehead atoms. The van der Waals surface area contributed by atoms with Gasteiger partial charge in [-0.2, -0.15) is 0 Å². The van der Waals surface area contributed by atoms with Crippen LogP contribution in [0.5, 0.6) is 0 Å². The predicted octanol–water partition coefficient (Wildman–Crippen LogP) is 2.63. The van der Waals surface area contributed by atoms with Gasteiger partial charge in [-0.1, -0.05) is 25.1 Å². The van der Waals surface area contributed by atoms with Crippen LogP contribution in [0.1, 0.15) is 38.3 Å². The molecule has 1 aromatic carbocycles. The zero-order chi connectivity index (χ0) is 13.8.